The minimum Gasteiger partial charge on any atom is -0.377 e. The van der Waals surface area contributed by atoms with E-state index < -0.39 is 0 Å². The van der Waals surface area contributed by atoms with Gasteiger partial charge in [0.1, 0.15) is 11.7 Å². The quantitative estimate of drug-likeness (QED) is 0.850. The van der Waals surface area contributed by atoms with E-state index in [9.17, 15) is 4.79 Å². The van der Waals surface area contributed by atoms with E-state index in [0.29, 0.717) is 24.8 Å². The van der Waals surface area contributed by atoms with Crippen LogP contribution in [0.1, 0.15) is 42.9 Å². The number of rotatable bonds is 4. The van der Waals surface area contributed by atoms with Crippen molar-refractivity contribution in [2.45, 2.75) is 44.8 Å². The molecule has 1 spiro atoms. The molecule has 2 aliphatic rings. The highest BCUT2D eigenvalue weighted by Crippen LogP contribution is 2.37. The molecule has 0 aliphatic carbocycles. The summed E-state index contributed by atoms with van der Waals surface area (Å²) in [4.78, 5) is 14.4. The molecule has 0 aromatic carbocycles. The van der Waals surface area contributed by atoms with Crippen LogP contribution in [0.2, 0.25) is 0 Å². The zero-order chi connectivity index (χ0) is 15.7. The van der Waals surface area contributed by atoms with Crippen molar-refractivity contribution in [1.29, 1.82) is 0 Å². The lowest BCUT2D eigenvalue weighted by molar-refractivity contribution is -0.0755. The Balaban J connectivity index is 1.71. The topological polar surface area (TPSA) is 64.8 Å². The van der Waals surface area contributed by atoms with Crippen LogP contribution in [0.5, 0.6) is 0 Å². The summed E-state index contributed by atoms with van der Waals surface area (Å²) < 4.78 is 16.7. The normalized spacial score (nSPS) is 28.2. The molecule has 0 saturated carbocycles. The monoisotopic (exact) mass is 308 g/mol. The van der Waals surface area contributed by atoms with Gasteiger partial charge in [-0.1, -0.05) is 19.0 Å². The Kier molecular flexibility index (Phi) is 4.23. The molecule has 2 atom stereocenters. The maximum absolute atomic E-state index is 12.6. The van der Waals surface area contributed by atoms with Gasteiger partial charge < -0.3 is 18.9 Å². The molecular weight excluding hydrogens is 284 g/mol. The van der Waals surface area contributed by atoms with Crippen LogP contribution >= 0.6 is 0 Å². The Labute approximate surface area is 130 Å². The van der Waals surface area contributed by atoms with Gasteiger partial charge in [0.05, 0.1) is 18.8 Å². The molecule has 0 unspecified atom stereocenters. The van der Waals surface area contributed by atoms with Crippen LogP contribution in [0.15, 0.2) is 10.6 Å². The molecule has 22 heavy (non-hydrogen) atoms. The van der Waals surface area contributed by atoms with Gasteiger partial charge in [0.25, 0.3) is 5.91 Å². The van der Waals surface area contributed by atoms with E-state index in [4.69, 9.17) is 14.0 Å². The molecule has 3 rings (SSSR count). The van der Waals surface area contributed by atoms with Gasteiger partial charge in [-0.05, 0) is 25.2 Å². The van der Waals surface area contributed by atoms with Crippen LogP contribution in [0.4, 0.5) is 0 Å². The van der Waals surface area contributed by atoms with Crippen molar-refractivity contribution >= 4 is 5.91 Å². The molecule has 1 aromatic heterocycles. The Morgan fingerprint density at radius 1 is 1.59 bits per heavy atom. The molecule has 6 nitrogen and oxygen atoms in total. The molecule has 2 saturated heterocycles. The van der Waals surface area contributed by atoms with Crippen LogP contribution in [-0.4, -0.2) is 54.5 Å². The molecule has 2 aliphatic heterocycles. The van der Waals surface area contributed by atoms with E-state index in [0.717, 1.165) is 31.6 Å². The standard InChI is InChI=1S/C16H24N2O4/c1-11(2)7-12-8-13(22-17-12)15(19)18-9-14(20-3)16(10-18)5-4-6-21-16/h8,11,14H,4-7,9-10H2,1-3H3/t14-,16-/m0/s1. The van der Waals surface area contributed by atoms with Gasteiger partial charge in [0.2, 0.25) is 5.76 Å². The van der Waals surface area contributed by atoms with Crippen LogP contribution in [0.25, 0.3) is 0 Å². The Hall–Kier alpha value is -1.40. The number of hydrogen-bond donors (Lipinski definition) is 0. The summed E-state index contributed by atoms with van der Waals surface area (Å²) in [5, 5.41) is 3.99. The highest BCUT2D eigenvalue weighted by Gasteiger charge is 2.51. The Morgan fingerprint density at radius 2 is 2.41 bits per heavy atom. The lowest BCUT2D eigenvalue weighted by Gasteiger charge is -2.27. The average Bonchev–Trinajstić information content (AvgIpc) is 3.19. The lowest BCUT2D eigenvalue weighted by atomic mass is 9.96. The van der Waals surface area contributed by atoms with Gasteiger partial charge in [0, 0.05) is 19.8 Å². The molecule has 1 amide bonds. The fraction of sp³-hybridized carbons (Fsp3) is 0.750. The van der Waals surface area contributed by atoms with Gasteiger partial charge >= 0.3 is 0 Å². The second kappa shape index (κ2) is 6.01. The number of aromatic nitrogens is 1. The number of carbonyl (C=O) groups is 1. The van der Waals surface area contributed by atoms with E-state index in [1.54, 1.807) is 18.1 Å². The Bertz CT molecular complexity index is 534. The zero-order valence-electron chi connectivity index (χ0n) is 13.5. The first-order valence-electron chi connectivity index (χ1n) is 7.96. The second-order valence-electron chi connectivity index (χ2n) is 6.71. The van der Waals surface area contributed by atoms with E-state index in [1.165, 1.54) is 0 Å². The molecule has 2 fully saturated rings. The number of carbonyl (C=O) groups excluding carboxylic acids is 1. The van der Waals surface area contributed by atoms with Crippen LogP contribution < -0.4 is 0 Å². The maximum Gasteiger partial charge on any atom is 0.292 e. The minimum atomic E-state index is -0.342. The smallest absolute Gasteiger partial charge is 0.292 e. The molecule has 1 aromatic rings. The largest absolute Gasteiger partial charge is 0.377 e. The summed E-state index contributed by atoms with van der Waals surface area (Å²) >= 11 is 0. The van der Waals surface area contributed by atoms with Crippen molar-refractivity contribution in [3.63, 3.8) is 0 Å². The summed E-state index contributed by atoms with van der Waals surface area (Å²) in [6, 6.07) is 1.75. The SMILES string of the molecule is CO[C@H]1CN(C(=O)c2cc(CC(C)C)no2)C[C@@]12CCCO2. The third-order valence-electron chi connectivity index (χ3n) is 4.52. The third-order valence-corrected chi connectivity index (χ3v) is 4.52. The summed E-state index contributed by atoms with van der Waals surface area (Å²) in [7, 11) is 1.68. The van der Waals surface area contributed by atoms with Gasteiger partial charge in [-0.25, -0.2) is 0 Å². The lowest BCUT2D eigenvalue weighted by Crippen LogP contribution is -2.42. The van der Waals surface area contributed by atoms with E-state index >= 15 is 0 Å². The molecule has 6 heteroatoms. The maximum atomic E-state index is 12.6. The van der Waals surface area contributed by atoms with E-state index in [2.05, 4.69) is 19.0 Å². The first kappa shape index (κ1) is 15.5. The number of hydrogen-bond acceptors (Lipinski definition) is 5. The molecule has 122 valence electrons. The van der Waals surface area contributed by atoms with E-state index in [1.807, 2.05) is 0 Å². The zero-order valence-corrected chi connectivity index (χ0v) is 13.5. The first-order chi connectivity index (χ1) is 10.5. The van der Waals surface area contributed by atoms with Crippen molar-refractivity contribution in [3.05, 3.63) is 17.5 Å². The number of ether oxygens (including phenoxy) is 2. The van der Waals surface area contributed by atoms with Crippen molar-refractivity contribution in [2.75, 3.05) is 26.8 Å². The van der Waals surface area contributed by atoms with E-state index in [-0.39, 0.29) is 17.6 Å². The predicted octanol–water partition coefficient (Wildman–Crippen LogP) is 1.89. The van der Waals surface area contributed by atoms with Crippen molar-refractivity contribution in [1.82, 2.24) is 10.1 Å². The fourth-order valence-corrected chi connectivity index (χ4v) is 3.48. The van der Waals surface area contributed by atoms with Crippen LogP contribution in [0.3, 0.4) is 0 Å². The second-order valence-corrected chi connectivity index (χ2v) is 6.71. The predicted molar refractivity (Wildman–Crippen MR) is 79.7 cm³/mol. The van der Waals surface area contributed by atoms with Gasteiger partial charge in [-0.2, -0.15) is 0 Å². The number of nitrogens with zero attached hydrogens (tertiary/aromatic N) is 2. The number of likely N-dealkylation sites (tertiary alicyclic amines) is 1. The van der Waals surface area contributed by atoms with Crippen molar-refractivity contribution < 1.29 is 18.8 Å². The molecule has 0 radical (unpaired) electrons. The van der Waals surface area contributed by atoms with Crippen molar-refractivity contribution in [3.8, 4) is 0 Å². The highest BCUT2D eigenvalue weighted by atomic mass is 16.6. The molecular formula is C16H24N2O4. The summed E-state index contributed by atoms with van der Waals surface area (Å²) in [6.45, 7) is 6.06. The summed E-state index contributed by atoms with van der Waals surface area (Å²) in [5.74, 6) is 0.658. The minimum absolute atomic E-state index is 0.0722. The van der Waals surface area contributed by atoms with Gasteiger partial charge in [-0.3, -0.25) is 4.79 Å². The van der Waals surface area contributed by atoms with Crippen molar-refractivity contribution in [2.24, 2.45) is 5.92 Å². The van der Waals surface area contributed by atoms with Gasteiger partial charge in [0.15, 0.2) is 0 Å². The summed E-state index contributed by atoms with van der Waals surface area (Å²) in [5.41, 5.74) is 0.484. The highest BCUT2D eigenvalue weighted by molar-refractivity contribution is 5.91. The molecule has 0 bridgehead atoms. The first-order valence-corrected chi connectivity index (χ1v) is 7.96. The van der Waals surface area contributed by atoms with Gasteiger partial charge in [-0.15, -0.1) is 0 Å². The number of methoxy groups -OCH3 is 1. The average molecular weight is 308 g/mol. The molecule has 3 heterocycles. The van der Waals surface area contributed by atoms with Crippen LogP contribution in [-0.2, 0) is 15.9 Å². The van der Waals surface area contributed by atoms with Crippen LogP contribution in [0, 0.1) is 5.92 Å². The molecule has 0 N–H and O–H groups in total. The third kappa shape index (κ3) is 2.77. The fourth-order valence-electron chi connectivity index (χ4n) is 3.48. The number of amides is 1. The Morgan fingerprint density at radius 3 is 3.05 bits per heavy atom. The summed E-state index contributed by atoms with van der Waals surface area (Å²) in [6.07, 6.45) is 2.69.